The van der Waals surface area contributed by atoms with Crippen LogP contribution in [0.5, 0.6) is 11.5 Å². The number of halogens is 3. The van der Waals surface area contributed by atoms with E-state index in [9.17, 15) is 18.0 Å². The normalized spacial score (nSPS) is 11.3. The molecular weight excluding hydrogens is 351 g/mol. The van der Waals surface area contributed by atoms with Gasteiger partial charge in [0.15, 0.2) is 17.2 Å². The quantitative estimate of drug-likeness (QED) is 0.784. The van der Waals surface area contributed by atoms with Gasteiger partial charge < -0.3 is 14.4 Å². The molecule has 1 amide bonds. The maximum atomic E-state index is 12.6. The van der Waals surface area contributed by atoms with Crippen LogP contribution in [-0.2, 0) is 24.1 Å². The van der Waals surface area contributed by atoms with Gasteiger partial charge in [-0.3, -0.25) is 9.48 Å². The van der Waals surface area contributed by atoms with E-state index in [1.165, 1.54) is 19.1 Å². The Kier molecular flexibility index (Phi) is 5.79. The molecule has 0 saturated carbocycles. The van der Waals surface area contributed by atoms with Crippen molar-refractivity contribution in [2.45, 2.75) is 26.2 Å². The Morgan fingerprint density at radius 3 is 2.38 bits per heavy atom. The van der Waals surface area contributed by atoms with Crippen molar-refractivity contribution in [1.82, 2.24) is 14.7 Å². The predicted octanol–water partition coefficient (Wildman–Crippen LogP) is 2.89. The molecule has 2 aromatic rings. The number of methoxy groups -OCH3 is 2. The highest BCUT2D eigenvalue weighted by molar-refractivity contribution is 5.75. The molecule has 0 aliphatic heterocycles. The predicted molar refractivity (Wildman–Crippen MR) is 88.0 cm³/mol. The maximum Gasteiger partial charge on any atom is 0.435 e. The van der Waals surface area contributed by atoms with Gasteiger partial charge in [-0.05, 0) is 36.2 Å². The van der Waals surface area contributed by atoms with Gasteiger partial charge in [0.1, 0.15) is 6.54 Å². The van der Waals surface area contributed by atoms with E-state index in [-0.39, 0.29) is 19.0 Å². The molecule has 9 heteroatoms. The number of alkyl halides is 3. The number of ether oxygens (including phenoxy) is 2. The third kappa shape index (κ3) is 4.47. The fraction of sp³-hybridized carbons (Fsp3) is 0.412. The van der Waals surface area contributed by atoms with E-state index in [1.54, 1.807) is 19.2 Å². The number of aryl methyl sites for hydroxylation is 1. The van der Waals surface area contributed by atoms with Crippen LogP contribution in [0.4, 0.5) is 13.2 Å². The van der Waals surface area contributed by atoms with Gasteiger partial charge in [-0.2, -0.15) is 18.3 Å². The molecule has 1 aromatic heterocycles. The summed E-state index contributed by atoms with van der Waals surface area (Å²) in [5, 5.41) is 3.39. The van der Waals surface area contributed by atoms with E-state index in [2.05, 4.69) is 5.10 Å². The highest BCUT2D eigenvalue weighted by Crippen LogP contribution is 2.31. The fourth-order valence-corrected chi connectivity index (χ4v) is 2.40. The van der Waals surface area contributed by atoms with Crippen LogP contribution in [0, 0.1) is 6.92 Å². The number of rotatable bonds is 6. The number of aromatic nitrogens is 2. The summed E-state index contributed by atoms with van der Waals surface area (Å²) in [6, 6.07) is 4.41. The van der Waals surface area contributed by atoms with E-state index in [0.29, 0.717) is 11.5 Å². The van der Waals surface area contributed by atoms with Gasteiger partial charge >= 0.3 is 6.18 Å². The van der Waals surface area contributed by atoms with Crippen LogP contribution < -0.4 is 9.47 Å². The first-order valence-corrected chi connectivity index (χ1v) is 7.71. The molecule has 0 atom stereocenters. The molecule has 1 aromatic carbocycles. The number of benzene rings is 1. The molecular formula is C17H20F3N3O3. The minimum absolute atomic E-state index is 0.276. The fourth-order valence-electron chi connectivity index (χ4n) is 2.40. The minimum Gasteiger partial charge on any atom is -0.493 e. The summed E-state index contributed by atoms with van der Waals surface area (Å²) in [4.78, 5) is 13.7. The van der Waals surface area contributed by atoms with E-state index in [4.69, 9.17) is 9.47 Å². The lowest BCUT2D eigenvalue weighted by atomic mass is 10.1. The second-order valence-electron chi connectivity index (χ2n) is 5.78. The van der Waals surface area contributed by atoms with Crippen molar-refractivity contribution in [3.63, 3.8) is 0 Å². The Labute approximate surface area is 149 Å². The van der Waals surface area contributed by atoms with Crippen LogP contribution in [0.2, 0.25) is 0 Å². The minimum atomic E-state index is -4.53. The summed E-state index contributed by atoms with van der Waals surface area (Å²) < 4.78 is 49.2. The van der Waals surface area contributed by atoms with Crippen molar-refractivity contribution < 1.29 is 27.4 Å². The van der Waals surface area contributed by atoms with Gasteiger partial charge in [-0.25, -0.2) is 0 Å². The lowest BCUT2D eigenvalue weighted by molar-refractivity contribution is -0.142. The molecule has 1 heterocycles. The average molecular weight is 371 g/mol. The standard InChI is InChI=1S/C17H20F3N3O3/c1-11-7-13(25-3)14(26-4)8-12(11)9-22(2)16(24)10-23-6-5-15(21-23)17(18,19)20/h5-8H,9-10H2,1-4H3. The first-order chi connectivity index (χ1) is 12.2. The maximum absolute atomic E-state index is 12.6. The number of amides is 1. The zero-order valence-electron chi connectivity index (χ0n) is 14.9. The first-order valence-electron chi connectivity index (χ1n) is 7.71. The van der Waals surface area contributed by atoms with Crippen molar-refractivity contribution in [2.24, 2.45) is 0 Å². The molecule has 6 nitrogen and oxygen atoms in total. The van der Waals surface area contributed by atoms with Crippen LogP contribution in [-0.4, -0.2) is 41.9 Å². The molecule has 0 aliphatic rings. The number of likely N-dealkylation sites (N-methyl/N-ethyl adjacent to an activating group) is 1. The third-order valence-electron chi connectivity index (χ3n) is 3.90. The Morgan fingerprint density at radius 1 is 1.23 bits per heavy atom. The van der Waals surface area contributed by atoms with Crippen molar-refractivity contribution in [3.05, 3.63) is 41.2 Å². The molecule has 26 heavy (non-hydrogen) atoms. The number of nitrogens with zero attached hydrogens (tertiary/aromatic N) is 3. The number of carbonyl (C=O) groups excluding carboxylic acids is 1. The summed E-state index contributed by atoms with van der Waals surface area (Å²) >= 11 is 0. The molecule has 0 unspecified atom stereocenters. The molecule has 0 saturated heterocycles. The molecule has 0 fully saturated rings. The molecule has 0 bridgehead atoms. The smallest absolute Gasteiger partial charge is 0.435 e. The van der Waals surface area contributed by atoms with Crippen LogP contribution in [0.3, 0.4) is 0 Å². The van der Waals surface area contributed by atoms with Gasteiger partial charge in [0.05, 0.1) is 14.2 Å². The summed E-state index contributed by atoms with van der Waals surface area (Å²) in [7, 11) is 4.63. The largest absolute Gasteiger partial charge is 0.493 e. The number of hydrogen-bond acceptors (Lipinski definition) is 4. The summed E-state index contributed by atoms with van der Waals surface area (Å²) in [5.74, 6) is 0.755. The Morgan fingerprint density at radius 2 is 1.85 bits per heavy atom. The number of hydrogen-bond donors (Lipinski definition) is 0. The lowest BCUT2D eigenvalue weighted by Gasteiger charge is -2.20. The highest BCUT2D eigenvalue weighted by Gasteiger charge is 2.33. The summed E-state index contributed by atoms with van der Waals surface area (Å²) in [5.41, 5.74) is 0.722. The Balaban J connectivity index is 2.08. The number of carbonyl (C=O) groups is 1. The Bertz CT molecular complexity index is 787. The SMILES string of the molecule is COc1cc(C)c(CN(C)C(=O)Cn2ccc(C(F)(F)F)n2)cc1OC. The molecule has 0 spiro atoms. The topological polar surface area (TPSA) is 56.6 Å². The first kappa shape index (κ1) is 19.6. The third-order valence-corrected chi connectivity index (χ3v) is 3.90. The summed E-state index contributed by atoms with van der Waals surface area (Å²) in [6.45, 7) is 1.87. The van der Waals surface area contributed by atoms with Crippen LogP contribution in [0.1, 0.15) is 16.8 Å². The summed E-state index contributed by atoms with van der Waals surface area (Å²) in [6.07, 6.45) is -3.40. The van der Waals surface area contributed by atoms with Crippen molar-refractivity contribution >= 4 is 5.91 Å². The van der Waals surface area contributed by atoms with Gasteiger partial charge in [0.2, 0.25) is 5.91 Å². The van der Waals surface area contributed by atoms with Crippen LogP contribution in [0.15, 0.2) is 24.4 Å². The van der Waals surface area contributed by atoms with Gasteiger partial charge in [0, 0.05) is 19.8 Å². The monoisotopic (exact) mass is 371 g/mol. The van der Waals surface area contributed by atoms with E-state index < -0.39 is 11.9 Å². The lowest BCUT2D eigenvalue weighted by Crippen LogP contribution is -2.30. The zero-order chi connectivity index (χ0) is 19.5. The molecule has 2 rings (SSSR count). The van der Waals surface area contributed by atoms with Crippen molar-refractivity contribution in [2.75, 3.05) is 21.3 Å². The second kappa shape index (κ2) is 7.67. The van der Waals surface area contributed by atoms with Gasteiger partial charge in [0.25, 0.3) is 0 Å². The van der Waals surface area contributed by atoms with E-state index in [0.717, 1.165) is 28.1 Å². The molecule has 0 N–H and O–H groups in total. The van der Waals surface area contributed by atoms with Crippen molar-refractivity contribution in [3.8, 4) is 11.5 Å². The van der Waals surface area contributed by atoms with Crippen LogP contribution in [0.25, 0.3) is 0 Å². The van der Waals surface area contributed by atoms with Gasteiger partial charge in [-0.1, -0.05) is 0 Å². The van der Waals surface area contributed by atoms with Gasteiger partial charge in [-0.15, -0.1) is 0 Å². The van der Waals surface area contributed by atoms with E-state index >= 15 is 0 Å². The van der Waals surface area contributed by atoms with Crippen molar-refractivity contribution in [1.29, 1.82) is 0 Å². The second-order valence-corrected chi connectivity index (χ2v) is 5.78. The molecule has 0 aliphatic carbocycles. The highest BCUT2D eigenvalue weighted by atomic mass is 19.4. The van der Waals surface area contributed by atoms with E-state index in [1.807, 2.05) is 6.92 Å². The molecule has 0 radical (unpaired) electrons. The average Bonchev–Trinajstić information content (AvgIpc) is 3.04. The Hall–Kier alpha value is -2.71. The zero-order valence-corrected chi connectivity index (χ0v) is 14.9. The van der Waals surface area contributed by atoms with Crippen LogP contribution >= 0.6 is 0 Å². The molecule has 142 valence electrons.